The van der Waals surface area contributed by atoms with E-state index in [1.165, 1.54) is 12.1 Å². The first-order valence-electron chi connectivity index (χ1n) is 7.11. The predicted octanol–water partition coefficient (Wildman–Crippen LogP) is 1.04. The minimum atomic E-state index is -3.35. The number of benzene rings is 1. The van der Waals surface area contributed by atoms with Crippen molar-refractivity contribution in [3.05, 3.63) is 29.8 Å². The van der Waals surface area contributed by atoms with Crippen molar-refractivity contribution in [3.63, 3.8) is 0 Å². The third kappa shape index (κ3) is 4.27. The van der Waals surface area contributed by atoms with Crippen LogP contribution in [0.4, 0.5) is 0 Å². The zero-order chi connectivity index (χ0) is 15.3. The number of likely N-dealkylation sites (tertiary alicyclic amines) is 1. The summed E-state index contributed by atoms with van der Waals surface area (Å²) in [6, 6.07) is 8.11. The van der Waals surface area contributed by atoms with Gasteiger partial charge in [0.25, 0.3) is 0 Å². The van der Waals surface area contributed by atoms with Crippen LogP contribution in [0.3, 0.4) is 0 Å². The van der Waals surface area contributed by atoms with Crippen LogP contribution in [0.2, 0.25) is 0 Å². The minimum absolute atomic E-state index is 0.0632. The maximum Gasteiger partial charge on any atom is 0.179 e. The maximum atomic E-state index is 12.3. The van der Waals surface area contributed by atoms with Crippen molar-refractivity contribution in [2.45, 2.75) is 17.7 Å². The Morgan fingerprint density at radius 2 is 2.24 bits per heavy atom. The van der Waals surface area contributed by atoms with E-state index in [0.29, 0.717) is 18.0 Å². The largest absolute Gasteiger partial charge is 0.396 e. The second kappa shape index (κ2) is 7.03. The van der Waals surface area contributed by atoms with Crippen LogP contribution in [0, 0.1) is 17.2 Å². The second-order valence-electron chi connectivity index (χ2n) is 5.43. The molecule has 2 rings (SSSR count). The fourth-order valence-electron chi connectivity index (χ4n) is 2.66. The van der Waals surface area contributed by atoms with E-state index in [4.69, 9.17) is 10.4 Å². The molecule has 114 valence electrons. The molecule has 1 aromatic rings. The van der Waals surface area contributed by atoms with Gasteiger partial charge >= 0.3 is 0 Å². The minimum Gasteiger partial charge on any atom is -0.396 e. The molecular weight excluding hydrogens is 288 g/mol. The van der Waals surface area contributed by atoms with Crippen LogP contribution in [0.25, 0.3) is 0 Å². The van der Waals surface area contributed by atoms with Gasteiger partial charge in [0, 0.05) is 19.7 Å². The van der Waals surface area contributed by atoms with Gasteiger partial charge in [-0.25, -0.2) is 8.42 Å². The lowest BCUT2D eigenvalue weighted by Crippen LogP contribution is -2.27. The highest BCUT2D eigenvalue weighted by Crippen LogP contribution is 2.20. The molecular formula is C15H20N2O3S. The van der Waals surface area contributed by atoms with Gasteiger partial charge in [0.15, 0.2) is 9.84 Å². The van der Waals surface area contributed by atoms with E-state index in [-0.39, 0.29) is 17.3 Å². The first kappa shape index (κ1) is 16.0. The molecule has 5 nitrogen and oxygen atoms in total. The molecule has 0 aromatic heterocycles. The van der Waals surface area contributed by atoms with E-state index < -0.39 is 9.84 Å². The summed E-state index contributed by atoms with van der Waals surface area (Å²) in [5.74, 6) is 0.535. The molecule has 0 saturated carbocycles. The molecule has 1 N–H and O–H groups in total. The SMILES string of the molecule is N#Cc1cccc(S(=O)(=O)CCN2CCC(CCO)C2)c1. The van der Waals surface area contributed by atoms with Gasteiger partial charge in [-0.15, -0.1) is 0 Å². The molecule has 0 amide bonds. The molecule has 1 fully saturated rings. The highest BCUT2D eigenvalue weighted by atomic mass is 32.2. The summed E-state index contributed by atoms with van der Waals surface area (Å²) in [5, 5.41) is 17.8. The fourth-order valence-corrected chi connectivity index (χ4v) is 3.99. The second-order valence-corrected chi connectivity index (χ2v) is 7.54. The smallest absolute Gasteiger partial charge is 0.179 e. The van der Waals surface area contributed by atoms with E-state index in [2.05, 4.69) is 4.90 Å². The molecule has 0 spiro atoms. The van der Waals surface area contributed by atoms with Crippen molar-refractivity contribution in [2.24, 2.45) is 5.92 Å². The van der Waals surface area contributed by atoms with E-state index in [1.807, 2.05) is 6.07 Å². The van der Waals surface area contributed by atoms with Crippen LogP contribution in [0.1, 0.15) is 18.4 Å². The van der Waals surface area contributed by atoms with Gasteiger partial charge in [-0.1, -0.05) is 6.07 Å². The quantitative estimate of drug-likeness (QED) is 0.849. The molecule has 1 saturated heterocycles. The van der Waals surface area contributed by atoms with Crippen LogP contribution in [0.5, 0.6) is 0 Å². The molecule has 0 bridgehead atoms. The number of aliphatic hydroxyl groups excluding tert-OH is 1. The number of nitrogens with zero attached hydrogens (tertiary/aromatic N) is 2. The molecule has 1 aliphatic heterocycles. The Kier molecular flexibility index (Phi) is 5.34. The van der Waals surface area contributed by atoms with Crippen molar-refractivity contribution in [2.75, 3.05) is 32.0 Å². The number of aliphatic hydroxyl groups is 1. The van der Waals surface area contributed by atoms with Gasteiger partial charge in [-0.3, -0.25) is 0 Å². The molecule has 0 aliphatic carbocycles. The number of hydrogen-bond acceptors (Lipinski definition) is 5. The average Bonchev–Trinajstić information content (AvgIpc) is 2.93. The van der Waals surface area contributed by atoms with Gasteiger partial charge in [0.1, 0.15) is 0 Å². The third-order valence-electron chi connectivity index (χ3n) is 3.91. The normalized spacial score (nSPS) is 19.5. The Labute approximate surface area is 125 Å². The van der Waals surface area contributed by atoms with E-state index >= 15 is 0 Å². The summed E-state index contributed by atoms with van der Waals surface area (Å²) in [6.45, 7) is 2.44. The Hall–Kier alpha value is -1.42. The van der Waals surface area contributed by atoms with Gasteiger partial charge in [0.2, 0.25) is 0 Å². The summed E-state index contributed by atoms with van der Waals surface area (Å²) < 4.78 is 24.6. The average molecular weight is 308 g/mol. The van der Waals surface area contributed by atoms with E-state index in [0.717, 1.165) is 25.9 Å². The monoisotopic (exact) mass is 308 g/mol. The highest BCUT2D eigenvalue weighted by molar-refractivity contribution is 7.91. The molecule has 1 aliphatic rings. The topological polar surface area (TPSA) is 81.4 Å². The van der Waals surface area contributed by atoms with Crippen molar-refractivity contribution in [3.8, 4) is 6.07 Å². The van der Waals surface area contributed by atoms with E-state index in [1.54, 1.807) is 12.1 Å². The highest BCUT2D eigenvalue weighted by Gasteiger charge is 2.24. The van der Waals surface area contributed by atoms with Crippen LogP contribution < -0.4 is 0 Å². The molecule has 1 aromatic carbocycles. The lowest BCUT2D eigenvalue weighted by atomic mass is 10.1. The summed E-state index contributed by atoms with van der Waals surface area (Å²) in [7, 11) is -3.35. The van der Waals surface area contributed by atoms with Crippen molar-refractivity contribution in [1.29, 1.82) is 5.26 Å². The lowest BCUT2D eigenvalue weighted by molar-refractivity contribution is 0.253. The third-order valence-corrected chi connectivity index (χ3v) is 5.60. The molecule has 6 heteroatoms. The Morgan fingerprint density at radius 1 is 1.43 bits per heavy atom. The molecule has 1 atom stereocenters. The zero-order valence-corrected chi connectivity index (χ0v) is 12.7. The van der Waals surface area contributed by atoms with Crippen LogP contribution in [0.15, 0.2) is 29.2 Å². The number of nitriles is 1. The van der Waals surface area contributed by atoms with Crippen molar-refractivity contribution < 1.29 is 13.5 Å². The Bertz CT molecular complexity index is 622. The van der Waals surface area contributed by atoms with Crippen LogP contribution >= 0.6 is 0 Å². The van der Waals surface area contributed by atoms with Crippen molar-refractivity contribution >= 4 is 9.84 Å². The van der Waals surface area contributed by atoms with E-state index in [9.17, 15) is 8.42 Å². The Morgan fingerprint density at radius 3 is 2.95 bits per heavy atom. The van der Waals surface area contributed by atoms with Crippen LogP contribution in [-0.2, 0) is 9.84 Å². The molecule has 1 unspecified atom stereocenters. The fraction of sp³-hybridized carbons (Fsp3) is 0.533. The first-order valence-corrected chi connectivity index (χ1v) is 8.76. The summed E-state index contributed by atoms with van der Waals surface area (Å²) in [5.41, 5.74) is 0.361. The first-order chi connectivity index (χ1) is 10.0. The summed E-state index contributed by atoms with van der Waals surface area (Å²) >= 11 is 0. The number of hydrogen-bond donors (Lipinski definition) is 1. The number of rotatable bonds is 6. The molecule has 0 radical (unpaired) electrons. The van der Waals surface area contributed by atoms with Gasteiger partial charge in [-0.05, 0) is 43.5 Å². The van der Waals surface area contributed by atoms with Gasteiger partial charge in [0.05, 0.1) is 22.3 Å². The maximum absolute atomic E-state index is 12.3. The summed E-state index contributed by atoms with van der Waals surface area (Å²) in [4.78, 5) is 2.35. The Balaban J connectivity index is 1.94. The number of sulfone groups is 1. The summed E-state index contributed by atoms with van der Waals surface area (Å²) in [6.07, 6.45) is 1.80. The standard InChI is InChI=1S/C15H20N2O3S/c16-11-14-2-1-3-15(10-14)21(19,20)9-7-17-6-4-13(12-17)5-8-18/h1-3,10,13,18H,4-9,12H2. The van der Waals surface area contributed by atoms with Crippen molar-refractivity contribution in [1.82, 2.24) is 4.90 Å². The molecule has 1 heterocycles. The van der Waals surface area contributed by atoms with Crippen LogP contribution in [-0.4, -0.2) is 50.4 Å². The predicted molar refractivity (Wildman–Crippen MR) is 79.5 cm³/mol. The van der Waals surface area contributed by atoms with Gasteiger partial charge in [-0.2, -0.15) is 5.26 Å². The van der Waals surface area contributed by atoms with Gasteiger partial charge < -0.3 is 10.0 Å². The zero-order valence-electron chi connectivity index (χ0n) is 11.9. The lowest BCUT2D eigenvalue weighted by Gasteiger charge is -2.15. The molecule has 21 heavy (non-hydrogen) atoms.